The van der Waals surface area contributed by atoms with Gasteiger partial charge in [-0.1, -0.05) is 18.2 Å². The average molecular weight is 408 g/mol. The summed E-state index contributed by atoms with van der Waals surface area (Å²) >= 11 is 0. The van der Waals surface area contributed by atoms with Gasteiger partial charge in [-0.15, -0.1) is 0 Å². The predicted molar refractivity (Wildman–Crippen MR) is 98.7 cm³/mol. The highest BCUT2D eigenvalue weighted by Gasteiger charge is 2.63. The van der Waals surface area contributed by atoms with Crippen LogP contribution in [0.25, 0.3) is 0 Å². The van der Waals surface area contributed by atoms with Gasteiger partial charge in [0.05, 0.1) is 19.2 Å². The molecule has 1 aliphatic rings. The Morgan fingerprint density at radius 2 is 1.86 bits per heavy atom. The number of aryl methyl sites for hydroxylation is 1. The van der Waals surface area contributed by atoms with Crippen LogP contribution in [-0.4, -0.2) is 47.4 Å². The minimum absolute atomic E-state index is 0.0604. The molecule has 154 valence electrons. The number of carbonyl (C=O) groups is 1. The van der Waals surface area contributed by atoms with Crippen molar-refractivity contribution in [2.45, 2.75) is 25.2 Å². The van der Waals surface area contributed by atoms with E-state index in [1.807, 2.05) is 0 Å². The summed E-state index contributed by atoms with van der Waals surface area (Å²) in [5, 5.41) is 14.2. The highest BCUT2D eigenvalue weighted by Crippen LogP contribution is 2.41. The van der Waals surface area contributed by atoms with E-state index in [1.54, 1.807) is 43.3 Å². The van der Waals surface area contributed by atoms with Crippen molar-refractivity contribution >= 4 is 11.6 Å². The van der Waals surface area contributed by atoms with Gasteiger partial charge >= 0.3 is 6.18 Å². The van der Waals surface area contributed by atoms with Crippen LogP contribution in [0.1, 0.15) is 17.5 Å². The molecule has 1 heterocycles. The molecule has 0 bridgehead atoms. The lowest BCUT2D eigenvalue weighted by Crippen LogP contribution is -2.57. The number of hydrogen-bond donors (Lipinski definition) is 1. The third-order valence-electron chi connectivity index (χ3n) is 4.54. The second-order valence-electron chi connectivity index (χ2n) is 6.53. The number of aliphatic hydroxyl groups is 1. The molecule has 0 saturated carbocycles. The largest absolute Gasteiger partial charge is 0.497 e. The molecule has 1 amide bonds. The molecule has 1 atom stereocenters. The SMILES string of the molecule is COc1ccc(C2=NN(C(=O)COc3ccccc3C)[C@](O)(C(F)(F)F)C2)cc1. The average Bonchev–Trinajstić information content (AvgIpc) is 3.06. The summed E-state index contributed by atoms with van der Waals surface area (Å²) in [5.74, 6) is -0.246. The lowest BCUT2D eigenvalue weighted by atomic mass is 10.0. The number of para-hydroxylation sites is 1. The van der Waals surface area contributed by atoms with E-state index in [-0.39, 0.29) is 10.7 Å². The molecule has 2 aromatic carbocycles. The zero-order chi connectivity index (χ0) is 21.2. The number of methoxy groups -OCH3 is 1. The molecule has 6 nitrogen and oxygen atoms in total. The molecule has 0 aromatic heterocycles. The number of benzene rings is 2. The van der Waals surface area contributed by atoms with Crippen LogP contribution in [0.5, 0.6) is 11.5 Å². The van der Waals surface area contributed by atoms with Crippen LogP contribution in [0.4, 0.5) is 13.2 Å². The lowest BCUT2D eigenvalue weighted by Gasteiger charge is -2.32. The number of hydrogen-bond acceptors (Lipinski definition) is 5. The maximum absolute atomic E-state index is 13.6. The van der Waals surface area contributed by atoms with Crippen molar-refractivity contribution < 1.29 is 32.5 Å². The minimum Gasteiger partial charge on any atom is -0.497 e. The van der Waals surface area contributed by atoms with E-state index in [2.05, 4.69) is 5.10 Å². The van der Waals surface area contributed by atoms with Gasteiger partial charge in [0, 0.05) is 0 Å². The van der Waals surface area contributed by atoms with E-state index in [0.717, 1.165) is 5.56 Å². The fourth-order valence-electron chi connectivity index (χ4n) is 2.89. The van der Waals surface area contributed by atoms with E-state index >= 15 is 0 Å². The number of halogens is 3. The second kappa shape index (κ2) is 7.75. The third kappa shape index (κ3) is 4.04. The zero-order valence-corrected chi connectivity index (χ0v) is 15.7. The zero-order valence-electron chi connectivity index (χ0n) is 15.7. The molecule has 0 unspecified atom stereocenters. The van der Waals surface area contributed by atoms with Crippen LogP contribution in [-0.2, 0) is 4.79 Å². The Morgan fingerprint density at radius 1 is 1.21 bits per heavy atom. The Balaban J connectivity index is 1.86. The Morgan fingerprint density at radius 3 is 2.45 bits per heavy atom. The van der Waals surface area contributed by atoms with Crippen molar-refractivity contribution in [3.63, 3.8) is 0 Å². The molecule has 29 heavy (non-hydrogen) atoms. The second-order valence-corrected chi connectivity index (χ2v) is 6.53. The molecule has 2 aromatic rings. The number of amides is 1. The molecule has 0 radical (unpaired) electrons. The summed E-state index contributed by atoms with van der Waals surface area (Å²) in [5.41, 5.74) is -2.47. The van der Waals surface area contributed by atoms with Gasteiger partial charge in [0.1, 0.15) is 11.5 Å². The van der Waals surface area contributed by atoms with Crippen LogP contribution >= 0.6 is 0 Å². The number of hydrazone groups is 1. The van der Waals surface area contributed by atoms with Crippen molar-refractivity contribution in [1.82, 2.24) is 5.01 Å². The van der Waals surface area contributed by atoms with Crippen LogP contribution in [0, 0.1) is 6.92 Å². The molecule has 1 aliphatic heterocycles. The Bertz CT molecular complexity index is 928. The molecule has 0 spiro atoms. The standard InChI is InChI=1S/C20H19F3N2O4/c1-13-5-3-4-6-17(13)29-12-18(26)25-19(27,20(21,22)23)11-16(24-25)14-7-9-15(28-2)10-8-14/h3-10,27H,11-12H2,1-2H3/t19-/m1/s1. The first kappa shape index (κ1) is 20.7. The minimum atomic E-state index is -5.11. The predicted octanol–water partition coefficient (Wildman–Crippen LogP) is 3.27. The van der Waals surface area contributed by atoms with Gasteiger partial charge in [-0.2, -0.15) is 23.3 Å². The van der Waals surface area contributed by atoms with E-state index in [9.17, 15) is 23.1 Å². The summed E-state index contributed by atoms with van der Waals surface area (Å²) in [4.78, 5) is 12.5. The molecule has 1 N–H and O–H groups in total. The van der Waals surface area contributed by atoms with E-state index in [1.165, 1.54) is 19.2 Å². The summed E-state index contributed by atoms with van der Waals surface area (Å²) in [6.07, 6.45) is -6.00. The van der Waals surface area contributed by atoms with Crippen molar-refractivity contribution in [2.75, 3.05) is 13.7 Å². The van der Waals surface area contributed by atoms with Crippen molar-refractivity contribution in [1.29, 1.82) is 0 Å². The maximum Gasteiger partial charge on any atom is 0.438 e. The first-order valence-corrected chi connectivity index (χ1v) is 8.68. The van der Waals surface area contributed by atoms with Gasteiger partial charge in [0.25, 0.3) is 11.6 Å². The molecule has 0 fully saturated rings. The molecule has 0 saturated heterocycles. The summed E-state index contributed by atoms with van der Waals surface area (Å²) < 4.78 is 51.2. The summed E-state index contributed by atoms with van der Waals surface area (Å²) in [6.45, 7) is 1.03. The van der Waals surface area contributed by atoms with Crippen LogP contribution in [0.3, 0.4) is 0 Å². The Labute approximate surface area is 165 Å². The topological polar surface area (TPSA) is 71.4 Å². The first-order chi connectivity index (χ1) is 13.7. The van der Waals surface area contributed by atoms with Crippen LogP contribution in [0.2, 0.25) is 0 Å². The number of alkyl halides is 3. The van der Waals surface area contributed by atoms with E-state index < -0.39 is 30.8 Å². The summed E-state index contributed by atoms with van der Waals surface area (Å²) in [6, 6.07) is 12.9. The van der Waals surface area contributed by atoms with E-state index in [4.69, 9.17) is 9.47 Å². The van der Waals surface area contributed by atoms with Crippen LogP contribution < -0.4 is 9.47 Å². The van der Waals surface area contributed by atoms with Crippen molar-refractivity contribution in [3.8, 4) is 11.5 Å². The van der Waals surface area contributed by atoms with Gasteiger partial charge in [0.2, 0.25) is 0 Å². The first-order valence-electron chi connectivity index (χ1n) is 8.68. The summed E-state index contributed by atoms with van der Waals surface area (Å²) in [7, 11) is 1.46. The van der Waals surface area contributed by atoms with Crippen LogP contribution in [0.15, 0.2) is 53.6 Å². The van der Waals surface area contributed by atoms with Gasteiger partial charge in [-0.05, 0) is 48.4 Å². The fourth-order valence-corrected chi connectivity index (χ4v) is 2.89. The molecule has 0 aliphatic carbocycles. The number of rotatable bonds is 5. The molecular formula is C20H19F3N2O4. The maximum atomic E-state index is 13.6. The molecular weight excluding hydrogens is 389 g/mol. The van der Waals surface area contributed by atoms with E-state index in [0.29, 0.717) is 17.1 Å². The Hall–Kier alpha value is -3.07. The number of carbonyl (C=O) groups excluding carboxylic acids is 1. The Kier molecular flexibility index (Phi) is 5.52. The lowest BCUT2D eigenvalue weighted by molar-refractivity contribution is -0.302. The highest BCUT2D eigenvalue weighted by molar-refractivity contribution is 6.03. The monoisotopic (exact) mass is 408 g/mol. The number of ether oxygens (including phenoxy) is 2. The fraction of sp³-hybridized carbons (Fsp3) is 0.300. The van der Waals surface area contributed by atoms with Gasteiger partial charge in [-0.3, -0.25) is 4.79 Å². The van der Waals surface area contributed by atoms with Gasteiger partial charge < -0.3 is 14.6 Å². The number of nitrogens with zero attached hydrogens (tertiary/aromatic N) is 2. The van der Waals surface area contributed by atoms with Crippen molar-refractivity contribution in [3.05, 3.63) is 59.7 Å². The van der Waals surface area contributed by atoms with Gasteiger partial charge in [0.15, 0.2) is 6.61 Å². The smallest absolute Gasteiger partial charge is 0.438 e. The quantitative estimate of drug-likeness (QED) is 0.825. The molecule has 3 rings (SSSR count). The van der Waals surface area contributed by atoms with Gasteiger partial charge in [-0.25, -0.2) is 0 Å². The highest BCUT2D eigenvalue weighted by atomic mass is 19.4. The molecule has 9 heteroatoms. The normalized spacial score (nSPS) is 19.1. The third-order valence-corrected chi connectivity index (χ3v) is 4.54. The van der Waals surface area contributed by atoms with Crippen molar-refractivity contribution in [2.24, 2.45) is 5.10 Å².